The lowest BCUT2D eigenvalue weighted by atomic mass is 9.87. The second kappa shape index (κ2) is 7.99. The first-order valence-electron chi connectivity index (χ1n) is 10.1. The minimum atomic E-state index is 0.102. The van der Waals surface area contributed by atoms with Crippen molar-refractivity contribution in [1.29, 1.82) is 0 Å². The van der Waals surface area contributed by atoms with Gasteiger partial charge in [-0.25, -0.2) is 0 Å². The Labute approximate surface area is 161 Å². The Hall–Kier alpha value is -2.55. The average molecular weight is 361 g/mol. The Morgan fingerprint density at radius 1 is 0.963 bits per heavy atom. The van der Waals surface area contributed by atoms with Crippen LogP contribution in [0.25, 0.3) is 22.2 Å². The van der Waals surface area contributed by atoms with E-state index in [2.05, 4.69) is 70.5 Å². The number of nitrogens with one attached hydrogen (secondary N) is 1. The van der Waals surface area contributed by atoms with Crippen molar-refractivity contribution in [3.05, 3.63) is 60.7 Å². The van der Waals surface area contributed by atoms with Crippen molar-refractivity contribution < 1.29 is 4.79 Å². The first-order valence-corrected chi connectivity index (χ1v) is 10.1. The van der Waals surface area contributed by atoms with E-state index in [0.717, 1.165) is 25.7 Å². The van der Waals surface area contributed by atoms with Crippen molar-refractivity contribution >= 4 is 16.8 Å². The van der Waals surface area contributed by atoms with Crippen LogP contribution < -0.4 is 5.32 Å². The van der Waals surface area contributed by atoms with E-state index in [1.54, 1.807) is 7.05 Å². The average Bonchev–Trinajstić information content (AvgIpc) is 3.08. The monoisotopic (exact) mass is 360 g/mol. The molecule has 1 amide bonds. The molecule has 3 aromatic rings. The summed E-state index contributed by atoms with van der Waals surface area (Å²) in [4.78, 5) is 12.4. The van der Waals surface area contributed by atoms with E-state index < -0.39 is 0 Å². The lowest BCUT2D eigenvalue weighted by Gasteiger charge is -2.29. The number of nitrogens with zero attached hydrogens (tertiary/aromatic N) is 1. The molecule has 3 heteroatoms. The summed E-state index contributed by atoms with van der Waals surface area (Å²) in [5.41, 5.74) is 3.78. The molecule has 27 heavy (non-hydrogen) atoms. The molecule has 3 nitrogen and oxygen atoms in total. The van der Waals surface area contributed by atoms with E-state index in [4.69, 9.17) is 0 Å². The number of hydrogen-bond donors (Lipinski definition) is 1. The van der Waals surface area contributed by atoms with Crippen LogP contribution in [0.5, 0.6) is 0 Å². The summed E-state index contributed by atoms with van der Waals surface area (Å²) in [5.74, 6) is 0.296. The molecule has 2 atom stereocenters. The Bertz CT molecular complexity index is 913. The maximum atomic E-state index is 12.4. The molecule has 2 aromatic carbocycles. The molecule has 1 N–H and O–H groups in total. The van der Waals surface area contributed by atoms with Crippen molar-refractivity contribution in [3.8, 4) is 11.3 Å². The van der Waals surface area contributed by atoms with Crippen LogP contribution in [0.2, 0.25) is 0 Å². The predicted octanol–water partition coefficient (Wildman–Crippen LogP) is 5.57. The van der Waals surface area contributed by atoms with Gasteiger partial charge in [-0.15, -0.1) is 0 Å². The summed E-state index contributed by atoms with van der Waals surface area (Å²) in [5, 5.41) is 4.16. The summed E-state index contributed by atoms with van der Waals surface area (Å²) < 4.78 is 2.51. The molecule has 1 aliphatic carbocycles. The molecule has 1 heterocycles. The number of rotatable bonds is 3. The highest BCUT2D eigenvalue weighted by Gasteiger charge is 2.27. The lowest BCUT2D eigenvalue weighted by Crippen LogP contribution is -2.30. The molecule has 0 saturated heterocycles. The Kier molecular flexibility index (Phi) is 5.28. The van der Waals surface area contributed by atoms with Gasteiger partial charge in [0.05, 0.1) is 0 Å². The van der Waals surface area contributed by atoms with Crippen LogP contribution in [0.1, 0.15) is 44.6 Å². The summed E-state index contributed by atoms with van der Waals surface area (Å²) >= 11 is 0. The number of amides is 1. The third-order valence-electron chi connectivity index (χ3n) is 5.95. The van der Waals surface area contributed by atoms with Crippen LogP contribution in [0.3, 0.4) is 0 Å². The molecular weight excluding hydrogens is 332 g/mol. The van der Waals surface area contributed by atoms with Gasteiger partial charge in [-0.05, 0) is 37.0 Å². The third-order valence-corrected chi connectivity index (χ3v) is 5.95. The van der Waals surface area contributed by atoms with E-state index in [-0.39, 0.29) is 11.8 Å². The van der Waals surface area contributed by atoms with Crippen molar-refractivity contribution in [2.45, 2.75) is 44.6 Å². The van der Waals surface area contributed by atoms with Crippen LogP contribution in [0, 0.1) is 5.92 Å². The van der Waals surface area contributed by atoms with Crippen LogP contribution >= 0.6 is 0 Å². The zero-order valence-electron chi connectivity index (χ0n) is 16.0. The summed E-state index contributed by atoms with van der Waals surface area (Å²) in [7, 11) is 1.76. The number of para-hydroxylation sites is 1. The molecule has 0 aliphatic heterocycles. The number of carbonyl (C=O) groups excluding carboxylic acids is 1. The van der Waals surface area contributed by atoms with E-state index >= 15 is 0 Å². The zero-order valence-corrected chi connectivity index (χ0v) is 16.0. The number of aromatic nitrogens is 1. The normalized spacial score (nSPS) is 20.8. The van der Waals surface area contributed by atoms with E-state index in [0.29, 0.717) is 6.04 Å². The van der Waals surface area contributed by atoms with Crippen LogP contribution in [0.4, 0.5) is 0 Å². The van der Waals surface area contributed by atoms with Crippen molar-refractivity contribution in [1.82, 2.24) is 9.88 Å². The molecule has 1 saturated carbocycles. The quantitative estimate of drug-likeness (QED) is 0.651. The molecule has 1 fully saturated rings. The minimum absolute atomic E-state index is 0.102. The molecular formula is C24H28N2O. The Morgan fingerprint density at radius 2 is 1.70 bits per heavy atom. The molecule has 4 rings (SSSR count). The van der Waals surface area contributed by atoms with Gasteiger partial charge in [0.15, 0.2) is 0 Å². The molecule has 2 unspecified atom stereocenters. The predicted molar refractivity (Wildman–Crippen MR) is 112 cm³/mol. The molecule has 140 valence electrons. The van der Waals surface area contributed by atoms with E-state index in [1.165, 1.54) is 35.0 Å². The van der Waals surface area contributed by atoms with Gasteiger partial charge >= 0.3 is 0 Å². The number of fused-ring (bicyclic) bond motifs is 1. The molecule has 0 spiro atoms. The smallest absolute Gasteiger partial charge is 0.222 e. The van der Waals surface area contributed by atoms with Gasteiger partial charge in [-0.3, -0.25) is 4.79 Å². The summed E-state index contributed by atoms with van der Waals surface area (Å²) in [6, 6.07) is 21.9. The topological polar surface area (TPSA) is 34.0 Å². The van der Waals surface area contributed by atoms with Gasteiger partial charge in [0.25, 0.3) is 0 Å². The maximum Gasteiger partial charge on any atom is 0.222 e. The molecule has 1 aliphatic rings. The number of carbonyl (C=O) groups is 1. The van der Waals surface area contributed by atoms with Gasteiger partial charge in [-0.2, -0.15) is 0 Å². The fourth-order valence-corrected chi connectivity index (χ4v) is 4.59. The second-order valence-corrected chi connectivity index (χ2v) is 7.66. The summed E-state index contributed by atoms with van der Waals surface area (Å²) in [6.45, 7) is 0. The lowest BCUT2D eigenvalue weighted by molar-refractivity contribution is -0.125. The van der Waals surface area contributed by atoms with Crippen LogP contribution in [-0.2, 0) is 4.79 Å². The SMILES string of the molecule is CNC(=O)C1CCCCCC(n2c(-c3ccccc3)cc3ccccc32)C1. The molecule has 0 bridgehead atoms. The van der Waals surface area contributed by atoms with Gasteiger partial charge in [-0.1, -0.05) is 67.8 Å². The van der Waals surface area contributed by atoms with Crippen LogP contribution in [0.15, 0.2) is 60.7 Å². The molecule has 1 aromatic heterocycles. The second-order valence-electron chi connectivity index (χ2n) is 7.66. The zero-order chi connectivity index (χ0) is 18.6. The first-order chi connectivity index (χ1) is 13.3. The molecule has 0 radical (unpaired) electrons. The van der Waals surface area contributed by atoms with Crippen molar-refractivity contribution in [3.63, 3.8) is 0 Å². The largest absolute Gasteiger partial charge is 0.359 e. The van der Waals surface area contributed by atoms with E-state index in [1.807, 2.05) is 0 Å². The summed E-state index contributed by atoms with van der Waals surface area (Å²) in [6.07, 6.45) is 6.64. The van der Waals surface area contributed by atoms with Gasteiger partial charge in [0.2, 0.25) is 5.91 Å². The highest BCUT2D eigenvalue weighted by molar-refractivity contribution is 5.87. The Balaban J connectivity index is 1.81. The third kappa shape index (κ3) is 3.64. The first kappa shape index (κ1) is 17.8. The fourth-order valence-electron chi connectivity index (χ4n) is 4.59. The van der Waals surface area contributed by atoms with Gasteiger partial charge in [0, 0.05) is 35.6 Å². The van der Waals surface area contributed by atoms with Gasteiger partial charge < -0.3 is 9.88 Å². The van der Waals surface area contributed by atoms with Gasteiger partial charge in [0.1, 0.15) is 0 Å². The van der Waals surface area contributed by atoms with Crippen molar-refractivity contribution in [2.75, 3.05) is 7.05 Å². The number of benzene rings is 2. The fraction of sp³-hybridized carbons (Fsp3) is 0.375. The van der Waals surface area contributed by atoms with Crippen LogP contribution in [-0.4, -0.2) is 17.5 Å². The number of hydrogen-bond acceptors (Lipinski definition) is 1. The van der Waals surface area contributed by atoms with E-state index in [9.17, 15) is 4.79 Å². The van der Waals surface area contributed by atoms with Crippen molar-refractivity contribution in [2.24, 2.45) is 5.92 Å². The standard InChI is InChI=1S/C24H28N2O/c1-25-24(27)20-13-6-3-7-14-21(16-20)26-22-15-9-8-12-19(22)17-23(26)18-10-4-2-5-11-18/h2,4-5,8-12,15,17,20-21H,3,6-7,13-14,16H2,1H3,(H,25,27). The minimum Gasteiger partial charge on any atom is -0.359 e. The highest BCUT2D eigenvalue weighted by atomic mass is 16.1. The Morgan fingerprint density at radius 3 is 2.52 bits per heavy atom. The maximum absolute atomic E-state index is 12.4. The highest BCUT2D eigenvalue weighted by Crippen LogP contribution is 2.38.